The molecule has 142 valence electrons. The van der Waals surface area contributed by atoms with Gasteiger partial charge in [0.15, 0.2) is 11.1 Å². The van der Waals surface area contributed by atoms with Crippen molar-refractivity contribution in [1.82, 2.24) is 9.88 Å². The minimum atomic E-state index is -0.130. The number of nitrogens with two attached hydrogens (primary N) is 1. The zero-order valence-electron chi connectivity index (χ0n) is 14.7. The van der Waals surface area contributed by atoms with Crippen LogP contribution in [0, 0.1) is 0 Å². The number of rotatable bonds is 8. The fourth-order valence-electron chi connectivity index (χ4n) is 2.63. The standard InChI is InChI=1S/C16H27N5O2S.HI/c1-23-14(22)6-4-2-3-5-7-18-15(17)20-9-11-21(12-10-20)16-19-8-13-24-16;/h8,13H,2-7,9-12H2,1H3,(H2,17,18);1H. The molecule has 1 aromatic heterocycles. The summed E-state index contributed by atoms with van der Waals surface area (Å²) in [5.74, 6) is 0.512. The number of esters is 1. The summed E-state index contributed by atoms with van der Waals surface area (Å²) in [5, 5.41) is 3.08. The first kappa shape index (κ1) is 21.9. The topological polar surface area (TPSA) is 84.0 Å². The minimum absolute atomic E-state index is 0. The average molecular weight is 481 g/mol. The maximum Gasteiger partial charge on any atom is 0.305 e. The van der Waals surface area contributed by atoms with Gasteiger partial charge in [-0.1, -0.05) is 12.8 Å². The maximum atomic E-state index is 11.0. The predicted octanol–water partition coefficient (Wildman–Crippen LogP) is 2.32. The largest absolute Gasteiger partial charge is 0.469 e. The summed E-state index contributed by atoms with van der Waals surface area (Å²) in [6.45, 7) is 4.37. The smallest absolute Gasteiger partial charge is 0.305 e. The number of thiazole rings is 1. The van der Waals surface area contributed by atoms with Crippen LogP contribution in [0.4, 0.5) is 5.13 Å². The van der Waals surface area contributed by atoms with E-state index in [2.05, 4.69) is 24.5 Å². The van der Waals surface area contributed by atoms with Gasteiger partial charge in [0.05, 0.1) is 7.11 Å². The summed E-state index contributed by atoms with van der Waals surface area (Å²) >= 11 is 1.67. The van der Waals surface area contributed by atoms with E-state index in [-0.39, 0.29) is 29.9 Å². The highest BCUT2D eigenvalue weighted by Crippen LogP contribution is 2.18. The van der Waals surface area contributed by atoms with Gasteiger partial charge in [0, 0.05) is 50.7 Å². The van der Waals surface area contributed by atoms with Gasteiger partial charge in [-0.25, -0.2) is 4.98 Å². The Morgan fingerprint density at radius 1 is 1.28 bits per heavy atom. The molecule has 2 heterocycles. The average Bonchev–Trinajstić information content (AvgIpc) is 3.15. The van der Waals surface area contributed by atoms with Gasteiger partial charge in [0.2, 0.25) is 0 Å². The lowest BCUT2D eigenvalue weighted by Crippen LogP contribution is -2.51. The van der Waals surface area contributed by atoms with Gasteiger partial charge in [0.25, 0.3) is 0 Å². The van der Waals surface area contributed by atoms with E-state index in [4.69, 9.17) is 5.73 Å². The quantitative estimate of drug-likeness (QED) is 0.202. The van der Waals surface area contributed by atoms with Crippen molar-refractivity contribution in [2.24, 2.45) is 10.7 Å². The van der Waals surface area contributed by atoms with Crippen LogP contribution in [0.5, 0.6) is 0 Å². The normalized spacial score (nSPS) is 15.0. The molecule has 0 amide bonds. The third kappa shape index (κ3) is 7.76. The molecule has 7 nitrogen and oxygen atoms in total. The zero-order valence-corrected chi connectivity index (χ0v) is 17.9. The molecule has 1 fully saturated rings. The van der Waals surface area contributed by atoms with Gasteiger partial charge < -0.3 is 20.3 Å². The summed E-state index contributed by atoms with van der Waals surface area (Å²) in [5.41, 5.74) is 6.09. The van der Waals surface area contributed by atoms with E-state index in [0.29, 0.717) is 12.4 Å². The Hall–Kier alpha value is -1.10. The van der Waals surface area contributed by atoms with E-state index in [1.807, 2.05) is 11.6 Å². The molecular weight excluding hydrogens is 453 g/mol. The minimum Gasteiger partial charge on any atom is -0.469 e. The molecular formula is C16H28IN5O2S. The number of ether oxygens (including phenoxy) is 1. The number of carbonyl (C=O) groups excluding carboxylic acids is 1. The summed E-state index contributed by atoms with van der Waals surface area (Å²) in [4.78, 5) is 24.2. The van der Waals surface area contributed by atoms with Gasteiger partial charge in [-0.2, -0.15) is 0 Å². The van der Waals surface area contributed by atoms with Gasteiger partial charge >= 0.3 is 5.97 Å². The highest BCUT2D eigenvalue weighted by molar-refractivity contribution is 14.0. The molecule has 0 aromatic carbocycles. The monoisotopic (exact) mass is 481 g/mol. The number of hydrogen-bond donors (Lipinski definition) is 1. The van der Waals surface area contributed by atoms with Crippen LogP contribution in [0.3, 0.4) is 0 Å². The first-order chi connectivity index (χ1) is 11.7. The number of halogens is 1. The lowest BCUT2D eigenvalue weighted by Gasteiger charge is -2.35. The van der Waals surface area contributed by atoms with Gasteiger partial charge in [-0.15, -0.1) is 35.3 Å². The molecule has 25 heavy (non-hydrogen) atoms. The van der Waals surface area contributed by atoms with Crippen molar-refractivity contribution in [2.45, 2.75) is 32.1 Å². The Labute approximate surface area is 170 Å². The Kier molecular flexibility index (Phi) is 10.8. The highest BCUT2D eigenvalue weighted by Gasteiger charge is 2.19. The van der Waals surface area contributed by atoms with Crippen LogP contribution in [0.2, 0.25) is 0 Å². The molecule has 0 radical (unpaired) electrons. The summed E-state index contributed by atoms with van der Waals surface area (Å²) in [6, 6.07) is 0. The van der Waals surface area contributed by atoms with Crippen molar-refractivity contribution in [3.05, 3.63) is 11.6 Å². The number of nitrogens with zero attached hydrogens (tertiary/aromatic N) is 4. The number of anilines is 1. The molecule has 1 saturated heterocycles. The zero-order chi connectivity index (χ0) is 17.2. The lowest BCUT2D eigenvalue weighted by molar-refractivity contribution is -0.140. The van der Waals surface area contributed by atoms with Crippen LogP contribution in [-0.4, -0.2) is 61.6 Å². The highest BCUT2D eigenvalue weighted by atomic mass is 127. The number of aliphatic imine (C=N–C) groups is 1. The molecule has 0 unspecified atom stereocenters. The van der Waals surface area contributed by atoms with Crippen LogP contribution in [0.15, 0.2) is 16.6 Å². The first-order valence-electron chi connectivity index (χ1n) is 8.47. The number of guanidine groups is 1. The number of unbranched alkanes of at least 4 members (excludes halogenated alkanes) is 3. The van der Waals surface area contributed by atoms with Crippen molar-refractivity contribution in [3.8, 4) is 0 Å². The van der Waals surface area contributed by atoms with Crippen molar-refractivity contribution in [1.29, 1.82) is 0 Å². The number of carbonyl (C=O) groups is 1. The molecule has 1 aliphatic rings. The van der Waals surface area contributed by atoms with E-state index < -0.39 is 0 Å². The van der Waals surface area contributed by atoms with E-state index >= 15 is 0 Å². The summed E-state index contributed by atoms with van der Waals surface area (Å²) < 4.78 is 4.62. The van der Waals surface area contributed by atoms with Crippen molar-refractivity contribution in [3.63, 3.8) is 0 Å². The van der Waals surface area contributed by atoms with Crippen LogP contribution in [-0.2, 0) is 9.53 Å². The third-order valence-corrected chi connectivity index (χ3v) is 4.92. The third-order valence-electron chi connectivity index (χ3n) is 4.08. The second kappa shape index (κ2) is 12.3. The summed E-state index contributed by atoms with van der Waals surface area (Å²) in [6.07, 6.45) is 6.31. The van der Waals surface area contributed by atoms with Crippen LogP contribution in [0.25, 0.3) is 0 Å². The number of aromatic nitrogens is 1. The van der Waals surface area contributed by atoms with E-state index in [1.54, 1.807) is 11.3 Å². The molecule has 9 heteroatoms. The Bertz CT molecular complexity index is 519. The molecule has 1 aromatic rings. The number of piperazine rings is 1. The van der Waals surface area contributed by atoms with Gasteiger partial charge in [0.1, 0.15) is 0 Å². The van der Waals surface area contributed by atoms with Crippen LogP contribution < -0.4 is 10.6 Å². The summed E-state index contributed by atoms with van der Waals surface area (Å²) in [7, 11) is 1.43. The van der Waals surface area contributed by atoms with E-state index in [1.165, 1.54) is 7.11 Å². The SMILES string of the molecule is COC(=O)CCCCCCN=C(N)N1CCN(c2nccs2)CC1.I. The second-order valence-electron chi connectivity index (χ2n) is 5.77. The molecule has 2 N–H and O–H groups in total. The number of hydrogen-bond acceptors (Lipinski definition) is 6. The number of methoxy groups -OCH3 is 1. The van der Waals surface area contributed by atoms with E-state index in [0.717, 1.165) is 63.5 Å². The molecule has 0 spiro atoms. The molecule has 0 bridgehead atoms. The van der Waals surface area contributed by atoms with Crippen LogP contribution in [0.1, 0.15) is 32.1 Å². The molecule has 0 saturated carbocycles. The van der Waals surface area contributed by atoms with E-state index in [9.17, 15) is 4.79 Å². The van der Waals surface area contributed by atoms with Crippen molar-refractivity contribution >= 4 is 52.4 Å². The Balaban J connectivity index is 0.00000312. The first-order valence-corrected chi connectivity index (χ1v) is 9.35. The Morgan fingerprint density at radius 2 is 2.00 bits per heavy atom. The van der Waals surface area contributed by atoms with Crippen molar-refractivity contribution in [2.75, 3.05) is 44.7 Å². The Morgan fingerprint density at radius 3 is 2.64 bits per heavy atom. The van der Waals surface area contributed by atoms with Crippen LogP contribution >= 0.6 is 35.3 Å². The molecule has 0 aliphatic carbocycles. The second-order valence-corrected chi connectivity index (χ2v) is 6.64. The van der Waals surface area contributed by atoms with Gasteiger partial charge in [-0.05, 0) is 12.8 Å². The maximum absolute atomic E-state index is 11.0. The molecule has 2 rings (SSSR count). The fourth-order valence-corrected chi connectivity index (χ4v) is 3.33. The van der Waals surface area contributed by atoms with Gasteiger partial charge in [-0.3, -0.25) is 9.79 Å². The predicted molar refractivity (Wildman–Crippen MR) is 113 cm³/mol. The lowest BCUT2D eigenvalue weighted by atomic mass is 10.1. The molecule has 1 aliphatic heterocycles. The molecule has 0 atom stereocenters. The van der Waals surface area contributed by atoms with Crippen molar-refractivity contribution < 1.29 is 9.53 Å². The fraction of sp³-hybridized carbons (Fsp3) is 0.688.